The van der Waals surface area contributed by atoms with Gasteiger partial charge in [-0.3, -0.25) is 9.59 Å². The summed E-state index contributed by atoms with van der Waals surface area (Å²) in [5.41, 5.74) is 0.594. The molecule has 0 aliphatic heterocycles. The Morgan fingerprint density at radius 3 is 2.40 bits per heavy atom. The number of rotatable bonds is 4. The lowest BCUT2D eigenvalue weighted by Crippen LogP contribution is -2.09. The van der Waals surface area contributed by atoms with E-state index in [0.29, 0.717) is 10.6 Å². The van der Waals surface area contributed by atoms with Crippen molar-refractivity contribution in [2.24, 2.45) is 0 Å². The van der Waals surface area contributed by atoms with E-state index in [4.69, 9.17) is 34.8 Å². The van der Waals surface area contributed by atoms with Gasteiger partial charge in [-0.15, -0.1) is 0 Å². The summed E-state index contributed by atoms with van der Waals surface area (Å²) in [6.45, 7) is 0. The highest BCUT2D eigenvalue weighted by Gasteiger charge is 2.21. The first kappa shape index (κ1) is 12.5. The molecular formula is C10H7Cl3O2. The third-order valence-corrected chi connectivity index (χ3v) is 2.54. The van der Waals surface area contributed by atoms with E-state index in [2.05, 4.69) is 0 Å². The van der Waals surface area contributed by atoms with E-state index in [1.54, 1.807) is 24.3 Å². The number of carbonyl (C=O) groups is 2. The Morgan fingerprint density at radius 1 is 1.27 bits per heavy atom. The van der Waals surface area contributed by atoms with Gasteiger partial charge in [0.15, 0.2) is 0 Å². The highest BCUT2D eigenvalue weighted by molar-refractivity contribution is 6.67. The van der Waals surface area contributed by atoms with E-state index in [-0.39, 0.29) is 6.42 Å². The van der Waals surface area contributed by atoms with Crippen molar-refractivity contribution in [1.29, 1.82) is 0 Å². The quantitative estimate of drug-likeness (QED) is 0.783. The maximum absolute atomic E-state index is 11.1. The van der Waals surface area contributed by atoms with Crippen LogP contribution in [0.25, 0.3) is 0 Å². The summed E-state index contributed by atoms with van der Waals surface area (Å²) in [7, 11) is 0. The number of hydrogen-bond acceptors (Lipinski definition) is 2. The van der Waals surface area contributed by atoms with Crippen molar-refractivity contribution in [1.82, 2.24) is 0 Å². The molecule has 0 heterocycles. The van der Waals surface area contributed by atoms with Gasteiger partial charge in [0.1, 0.15) is 0 Å². The Morgan fingerprint density at radius 2 is 1.93 bits per heavy atom. The van der Waals surface area contributed by atoms with Crippen molar-refractivity contribution < 1.29 is 9.59 Å². The summed E-state index contributed by atoms with van der Waals surface area (Å²) in [6.07, 6.45) is -0.121. The minimum absolute atomic E-state index is 0.121. The number of hydrogen-bond donors (Lipinski definition) is 0. The molecule has 0 bridgehead atoms. The first-order valence-electron chi connectivity index (χ1n) is 4.14. The molecule has 0 saturated heterocycles. The van der Waals surface area contributed by atoms with Gasteiger partial charge in [0.2, 0.25) is 10.5 Å². The second kappa shape index (κ2) is 5.50. The molecule has 0 amide bonds. The fraction of sp³-hybridized carbons (Fsp3) is 0.200. The van der Waals surface area contributed by atoms with Crippen LogP contribution >= 0.6 is 34.8 Å². The van der Waals surface area contributed by atoms with Crippen LogP contribution in [-0.4, -0.2) is 10.5 Å². The van der Waals surface area contributed by atoms with E-state index in [9.17, 15) is 9.59 Å². The molecule has 15 heavy (non-hydrogen) atoms. The standard InChI is InChI=1S/C10H7Cl3O2/c11-7-3-1-2-6(4-7)8(10(13)15)5-9(12)14/h1-4,8H,5H2/t8-/m0/s1. The molecule has 1 rings (SSSR count). The summed E-state index contributed by atoms with van der Waals surface area (Å²) in [5, 5.41) is -0.738. The fourth-order valence-electron chi connectivity index (χ4n) is 1.21. The van der Waals surface area contributed by atoms with Crippen molar-refractivity contribution in [3.63, 3.8) is 0 Å². The Balaban J connectivity index is 2.98. The van der Waals surface area contributed by atoms with Gasteiger partial charge in [0.25, 0.3) is 0 Å². The van der Waals surface area contributed by atoms with E-state index in [1.807, 2.05) is 0 Å². The normalized spacial score (nSPS) is 12.2. The van der Waals surface area contributed by atoms with Crippen LogP contribution in [0.4, 0.5) is 0 Å². The van der Waals surface area contributed by atoms with E-state index >= 15 is 0 Å². The van der Waals surface area contributed by atoms with Crippen molar-refractivity contribution in [2.45, 2.75) is 12.3 Å². The zero-order valence-corrected chi connectivity index (χ0v) is 9.81. The van der Waals surface area contributed by atoms with Gasteiger partial charge in [-0.05, 0) is 40.9 Å². The summed E-state index contributed by atoms with van der Waals surface area (Å²) in [5.74, 6) is -0.727. The molecule has 0 unspecified atom stereocenters. The van der Waals surface area contributed by atoms with Gasteiger partial charge in [0, 0.05) is 11.4 Å². The average Bonchev–Trinajstić information content (AvgIpc) is 2.13. The third kappa shape index (κ3) is 3.82. The number of benzene rings is 1. The van der Waals surface area contributed by atoms with Crippen LogP contribution in [0.5, 0.6) is 0 Å². The molecule has 1 aromatic carbocycles. The predicted octanol–water partition coefficient (Wildman–Crippen LogP) is 3.34. The monoisotopic (exact) mass is 264 g/mol. The molecule has 1 aromatic rings. The Hall–Kier alpha value is -0.570. The van der Waals surface area contributed by atoms with Gasteiger partial charge in [-0.2, -0.15) is 0 Å². The van der Waals surface area contributed by atoms with E-state index in [0.717, 1.165) is 0 Å². The Kier molecular flexibility index (Phi) is 4.58. The molecule has 5 heteroatoms. The lowest BCUT2D eigenvalue weighted by atomic mass is 9.98. The second-order valence-corrected chi connectivity index (χ2v) is 4.20. The van der Waals surface area contributed by atoms with Crippen molar-refractivity contribution in [3.8, 4) is 0 Å². The highest BCUT2D eigenvalue weighted by Crippen LogP contribution is 2.25. The molecule has 0 N–H and O–H groups in total. The van der Waals surface area contributed by atoms with Crippen LogP contribution in [0, 0.1) is 0 Å². The van der Waals surface area contributed by atoms with Crippen molar-refractivity contribution in [2.75, 3.05) is 0 Å². The maximum Gasteiger partial charge on any atom is 0.229 e. The van der Waals surface area contributed by atoms with Gasteiger partial charge in [-0.1, -0.05) is 23.7 Å². The van der Waals surface area contributed by atoms with E-state index in [1.165, 1.54) is 0 Å². The lowest BCUT2D eigenvalue weighted by molar-refractivity contribution is -0.117. The highest BCUT2D eigenvalue weighted by atomic mass is 35.5. The Bertz CT molecular complexity index is 390. The summed E-state index contributed by atoms with van der Waals surface area (Å²) in [6, 6.07) is 6.62. The molecule has 0 fully saturated rings. The summed E-state index contributed by atoms with van der Waals surface area (Å²) >= 11 is 16.4. The molecule has 80 valence electrons. The SMILES string of the molecule is O=C(Cl)C[C@H](C(=O)Cl)c1cccc(Cl)c1. The summed E-state index contributed by atoms with van der Waals surface area (Å²) in [4.78, 5) is 21.8. The number of carbonyl (C=O) groups excluding carboxylic acids is 2. The molecule has 0 spiro atoms. The average molecular weight is 266 g/mol. The van der Waals surface area contributed by atoms with Crippen LogP contribution in [0.3, 0.4) is 0 Å². The van der Waals surface area contributed by atoms with Gasteiger partial charge in [0.05, 0.1) is 5.92 Å². The first-order valence-corrected chi connectivity index (χ1v) is 5.27. The molecule has 2 nitrogen and oxygen atoms in total. The molecule has 0 saturated carbocycles. The van der Waals surface area contributed by atoms with Crippen LogP contribution in [0.1, 0.15) is 17.9 Å². The van der Waals surface area contributed by atoms with Crippen LogP contribution in [-0.2, 0) is 9.59 Å². The predicted molar refractivity (Wildman–Crippen MR) is 60.5 cm³/mol. The summed E-state index contributed by atoms with van der Waals surface area (Å²) < 4.78 is 0. The Labute approximate surface area is 102 Å². The molecule has 0 aromatic heterocycles. The largest absolute Gasteiger partial charge is 0.281 e. The molecule has 0 aliphatic rings. The minimum Gasteiger partial charge on any atom is -0.281 e. The third-order valence-electron chi connectivity index (χ3n) is 1.89. The van der Waals surface area contributed by atoms with Gasteiger partial charge < -0.3 is 0 Å². The molecular weight excluding hydrogens is 258 g/mol. The van der Waals surface area contributed by atoms with Crippen LogP contribution in [0.15, 0.2) is 24.3 Å². The van der Waals surface area contributed by atoms with Crippen molar-refractivity contribution in [3.05, 3.63) is 34.9 Å². The zero-order chi connectivity index (χ0) is 11.4. The lowest BCUT2D eigenvalue weighted by Gasteiger charge is -2.10. The maximum atomic E-state index is 11.1. The number of halogens is 3. The zero-order valence-electron chi connectivity index (χ0n) is 7.54. The molecule has 0 aliphatic carbocycles. The molecule has 0 radical (unpaired) electrons. The van der Waals surface area contributed by atoms with E-state index < -0.39 is 16.4 Å². The van der Waals surface area contributed by atoms with Crippen LogP contribution < -0.4 is 0 Å². The van der Waals surface area contributed by atoms with Gasteiger partial charge >= 0.3 is 0 Å². The van der Waals surface area contributed by atoms with Crippen LogP contribution in [0.2, 0.25) is 5.02 Å². The topological polar surface area (TPSA) is 34.1 Å². The minimum atomic E-state index is -0.727. The molecule has 1 atom stereocenters. The first-order chi connectivity index (χ1) is 7.00. The second-order valence-electron chi connectivity index (χ2n) is 2.97. The smallest absolute Gasteiger partial charge is 0.229 e. The fourth-order valence-corrected chi connectivity index (χ4v) is 1.77. The van der Waals surface area contributed by atoms with Crippen molar-refractivity contribution >= 4 is 45.3 Å². The van der Waals surface area contributed by atoms with Gasteiger partial charge in [-0.25, -0.2) is 0 Å².